The first kappa shape index (κ1) is 14.2. The van der Waals surface area contributed by atoms with Gasteiger partial charge in [-0.2, -0.15) is 0 Å². The molecule has 17 heavy (non-hydrogen) atoms. The van der Waals surface area contributed by atoms with Crippen LogP contribution in [0.3, 0.4) is 0 Å². The van der Waals surface area contributed by atoms with E-state index in [2.05, 4.69) is 13.8 Å². The van der Waals surface area contributed by atoms with E-state index in [-0.39, 0.29) is 0 Å². The summed E-state index contributed by atoms with van der Waals surface area (Å²) in [7, 11) is 0. The molecule has 0 aromatic heterocycles. The minimum Gasteiger partial charge on any atom is -0.490 e. The topological polar surface area (TPSA) is 18.5 Å². The van der Waals surface area contributed by atoms with Crippen LogP contribution in [-0.4, -0.2) is 13.2 Å². The number of ether oxygens (including phenoxy) is 2. The zero-order valence-corrected chi connectivity index (χ0v) is 11.4. The lowest BCUT2D eigenvalue weighted by Crippen LogP contribution is -2.02. The lowest BCUT2D eigenvalue weighted by atomic mass is 10.3. The van der Waals surface area contributed by atoms with Crippen LogP contribution in [0.5, 0.6) is 11.5 Å². The van der Waals surface area contributed by atoms with Gasteiger partial charge in [0.25, 0.3) is 0 Å². The van der Waals surface area contributed by atoms with E-state index in [1.165, 1.54) is 0 Å². The van der Waals surface area contributed by atoms with Gasteiger partial charge >= 0.3 is 0 Å². The predicted octanol–water partition coefficient (Wildman–Crippen LogP) is 4.70. The zero-order chi connectivity index (χ0) is 12.5. The number of hydrogen-bond acceptors (Lipinski definition) is 2. The van der Waals surface area contributed by atoms with Crippen molar-refractivity contribution < 1.29 is 9.47 Å². The maximum atomic E-state index is 6.12. The first-order valence-electron chi connectivity index (χ1n) is 6.33. The van der Waals surface area contributed by atoms with Crippen molar-refractivity contribution in [3.63, 3.8) is 0 Å². The van der Waals surface area contributed by atoms with E-state index in [0.29, 0.717) is 24.0 Å². The number of hydrogen-bond donors (Lipinski definition) is 0. The molecular formula is C14H21ClO2. The highest BCUT2D eigenvalue weighted by atomic mass is 35.5. The molecule has 2 nitrogen and oxygen atoms in total. The molecule has 3 heteroatoms. The van der Waals surface area contributed by atoms with Gasteiger partial charge in [0.15, 0.2) is 11.5 Å². The summed E-state index contributed by atoms with van der Waals surface area (Å²) in [6, 6.07) is 5.62. The normalized spacial score (nSPS) is 10.3. The molecule has 0 amide bonds. The summed E-state index contributed by atoms with van der Waals surface area (Å²) in [6.07, 6.45) is 4.30. The van der Waals surface area contributed by atoms with Gasteiger partial charge in [-0.3, -0.25) is 0 Å². The van der Waals surface area contributed by atoms with E-state index in [1.54, 1.807) is 0 Å². The third kappa shape index (κ3) is 4.86. The largest absolute Gasteiger partial charge is 0.490 e. The minimum atomic E-state index is 0.620. The standard InChI is InChI=1S/C14H21ClO2/c1-3-5-10-16-13-9-7-8-12(15)14(13)17-11-6-4-2/h7-9H,3-6,10-11H2,1-2H3. The molecule has 0 radical (unpaired) electrons. The molecule has 0 aliphatic carbocycles. The highest BCUT2D eigenvalue weighted by molar-refractivity contribution is 6.32. The van der Waals surface area contributed by atoms with Gasteiger partial charge in [-0.1, -0.05) is 44.4 Å². The second kappa shape index (κ2) is 8.24. The Bertz CT molecular complexity index is 326. The lowest BCUT2D eigenvalue weighted by Gasteiger charge is -2.13. The quantitative estimate of drug-likeness (QED) is 0.628. The van der Waals surface area contributed by atoms with Crippen LogP contribution in [0.4, 0.5) is 0 Å². The van der Waals surface area contributed by atoms with E-state index in [0.717, 1.165) is 31.4 Å². The molecule has 0 aliphatic rings. The second-order valence-corrected chi connectivity index (χ2v) is 4.38. The maximum Gasteiger partial charge on any atom is 0.179 e. The zero-order valence-electron chi connectivity index (χ0n) is 10.7. The van der Waals surface area contributed by atoms with Crippen molar-refractivity contribution in [1.29, 1.82) is 0 Å². The lowest BCUT2D eigenvalue weighted by molar-refractivity contribution is 0.262. The minimum absolute atomic E-state index is 0.620. The molecule has 96 valence electrons. The molecule has 0 N–H and O–H groups in total. The van der Waals surface area contributed by atoms with Crippen molar-refractivity contribution in [3.8, 4) is 11.5 Å². The van der Waals surface area contributed by atoms with Crippen LogP contribution in [0.2, 0.25) is 5.02 Å². The Balaban J connectivity index is 2.63. The van der Waals surface area contributed by atoms with Gasteiger partial charge in [0.05, 0.1) is 18.2 Å². The Kier molecular flexibility index (Phi) is 6.87. The van der Waals surface area contributed by atoms with Gasteiger partial charge in [0, 0.05) is 0 Å². The van der Waals surface area contributed by atoms with E-state index in [9.17, 15) is 0 Å². The number of rotatable bonds is 8. The van der Waals surface area contributed by atoms with E-state index in [1.807, 2.05) is 18.2 Å². The van der Waals surface area contributed by atoms with E-state index in [4.69, 9.17) is 21.1 Å². The molecule has 0 aliphatic heterocycles. The molecule has 0 spiro atoms. The van der Waals surface area contributed by atoms with Crippen LogP contribution < -0.4 is 9.47 Å². The first-order chi connectivity index (χ1) is 8.29. The van der Waals surface area contributed by atoms with Crippen LogP contribution in [-0.2, 0) is 0 Å². The number of benzene rings is 1. The third-order valence-electron chi connectivity index (χ3n) is 2.43. The van der Waals surface area contributed by atoms with Gasteiger partial charge < -0.3 is 9.47 Å². The Morgan fingerprint density at radius 2 is 1.65 bits per heavy atom. The van der Waals surface area contributed by atoms with Crippen LogP contribution in [0.15, 0.2) is 18.2 Å². The molecule has 1 rings (SSSR count). The van der Waals surface area contributed by atoms with Crippen LogP contribution in [0.25, 0.3) is 0 Å². The van der Waals surface area contributed by atoms with Crippen molar-refractivity contribution in [1.82, 2.24) is 0 Å². The maximum absolute atomic E-state index is 6.12. The Morgan fingerprint density at radius 3 is 2.29 bits per heavy atom. The SMILES string of the molecule is CCCCOc1cccc(Cl)c1OCCCC. The summed E-state index contributed by atoms with van der Waals surface area (Å²) in [4.78, 5) is 0. The van der Waals surface area contributed by atoms with Crippen molar-refractivity contribution in [2.24, 2.45) is 0 Å². The second-order valence-electron chi connectivity index (χ2n) is 3.97. The summed E-state index contributed by atoms with van der Waals surface area (Å²) in [5, 5.41) is 0.620. The molecule has 0 heterocycles. The molecule has 0 saturated heterocycles. The highest BCUT2D eigenvalue weighted by Crippen LogP contribution is 2.35. The summed E-state index contributed by atoms with van der Waals surface area (Å²) in [5.41, 5.74) is 0. The molecule has 1 aromatic carbocycles. The van der Waals surface area contributed by atoms with Crippen molar-refractivity contribution >= 4 is 11.6 Å². The molecule has 0 bridgehead atoms. The Hall–Kier alpha value is -0.890. The molecule has 1 aromatic rings. The van der Waals surface area contributed by atoms with Crippen LogP contribution >= 0.6 is 11.6 Å². The van der Waals surface area contributed by atoms with Crippen molar-refractivity contribution in [3.05, 3.63) is 23.2 Å². The van der Waals surface area contributed by atoms with Gasteiger partial charge in [-0.15, -0.1) is 0 Å². The van der Waals surface area contributed by atoms with Crippen molar-refractivity contribution in [2.45, 2.75) is 39.5 Å². The van der Waals surface area contributed by atoms with Crippen LogP contribution in [0, 0.1) is 0 Å². The molecular weight excluding hydrogens is 236 g/mol. The molecule has 0 unspecified atom stereocenters. The average Bonchev–Trinajstić information content (AvgIpc) is 2.33. The monoisotopic (exact) mass is 256 g/mol. The predicted molar refractivity (Wildman–Crippen MR) is 72.3 cm³/mol. The number of unbranched alkanes of at least 4 members (excludes halogenated alkanes) is 2. The molecule has 0 saturated carbocycles. The first-order valence-corrected chi connectivity index (χ1v) is 6.71. The number of para-hydroxylation sites is 1. The van der Waals surface area contributed by atoms with Crippen LogP contribution in [0.1, 0.15) is 39.5 Å². The average molecular weight is 257 g/mol. The summed E-state index contributed by atoms with van der Waals surface area (Å²) >= 11 is 6.12. The van der Waals surface area contributed by atoms with Gasteiger partial charge in [-0.05, 0) is 25.0 Å². The fourth-order valence-corrected chi connectivity index (χ4v) is 1.61. The summed E-state index contributed by atoms with van der Waals surface area (Å²) in [6.45, 7) is 5.67. The van der Waals surface area contributed by atoms with Gasteiger partial charge in [0.1, 0.15) is 0 Å². The van der Waals surface area contributed by atoms with E-state index < -0.39 is 0 Å². The number of halogens is 1. The Labute approximate surface area is 109 Å². The Morgan fingerprint density at radius 1 is 1.00 bits per heavy atom. The van der Waals surface area contributed by atoms with Gasteiger partial charge in [0.2, 0.25) is 0 Å². The smallest absolute Gasteiger partial charge is 0.179 e. The molecule has 0 atom stereocenters. The fraction of sp³-hybridized carbons (Fsp3) is 0.571. The highest BCUT2D eigenvalue weighted by Gasteiger charge is 2.09. The third-order valence-corrected chi connectivity index (χ3v) is 2.73. The summed E-state index contributed by atoms with van der Waals surface area (Å²) < 4.78 is 11.4. The van der Waals surface area contributed by atoms with Gasteiger partial charge in [-0.25, -0.2) is 0 Å². The van der Waals surface area contributed by atoms with E-state index >= 15 is 0 Å². The van der Waals surface area contributed by atoms with Crippen molar-refractivity contribution in [2.75, 3.05) is 13.2 Å². The molecule has 0 fully saturated rings. The summed E-state index contributed by atoms with van der Waals surface area (Å²) in [5.74, 6) is 1.43. The fourth-order valence-electron chi connectivity index (χ4n) is 1.39.